The molecule has 0 saturated heterocycles. The Balaban J connectivity index is 1.95. The van der Waals surface area contributed by atoms with E-state index in [0.29, 0.717) is 0 Å². The molecule has 0 atom stereocenters. The fraction of sp³-hybridized carbons (Fsp3) is 0.182. The zero-order valence-corrected chi connectivity index (χ0v) is 9.90. The highest BCUT2D eigenvalue weighted by Gasteiger charge is 2.11. The molecule has 5 heteroatoms. The molecular formula is C11H9F2NS2. The first-order valence-electron chi connectivity index (χ1n) is 4.67. The molecule has 0 aliphatic rings. The molecule has 2 rings (SSSR count). The van der Waals surface area contributed by atoms with Crippen LogP contribution in [-0.2, 0) is 5.75 Å². The summed E-state index contributed by atoms with van der Waals surface area (Å²) in [5.74, 6) is 0.783. The van der Waals surface area contributed by atoms with E-state index in [1.165, 1.54) is 23.4 Å². The van der Waals surface area contributed by atoms with Gasteiger partial charge in [0.2, 0.25) is 0 Å². The summed E-state index contributed by atoms with van der Waals surface area (Å²) in [5.41, 5.74) is 1.06. The Hall–Kier alpha value is -0.940. The first kappa shape index (κ1) is 11.5. The quantitative estimate of drug-likeness (QED) is 0.754. The lowest BCUT2D eigenvalue weighted by Crippen LogP contribution is -1.80. The number of alkyl halides is 2. The van der Waals surface area contributed by atoms with Crippen LogP contribution >= 0.6 is 23.3 Å². The molecule has 1 nitrogen and oxygen atoms in total. The van der Waals surface area contributed by atoms with Crippen LogP contribution in [0.1, 0.15) is 17.7 Å². The Morgan fingerprint density at radius 2 is 2.00 bits per heavy atom. The molecule has 84 valence electrons. The van der Waals surface area contributed by atoms with E-state index in [4.69, 9.17) is 0 Å². The predicted molar refractivity (Wildman–Crippen MR) is 63.1 cm³/mol. The minimum atomic E-state index is -2.47. The minimum Gasteiger partial charge on any atom is -0.203 e. The molecule has 0 bridgehead atoms. The summed E-state index contributed by atoms with van der Waals surface area (Å²) < 4.78 is 29.1. The van der Waals surface area contributed by atoms with Crippen LogP contribution in [-0.4, -0.2) is 4.37 Å². The SMILES string of the molecule is FC(F)c1cc(SCc2ccccc2)sn1. The standard InChI is InChI=1S/C11H9F2NS2/c12-11(13)9-6-10(16-14-9)15-7-8-4-2-1-3-5-8/h1-6,11H,7H2. The monoisotopic (exact) mass is 257 g/mol. The van der Waals surface area contributed by atoms with E-state index in [-0.39, 0.29) is 5.69 Å². The van der Waals surface area contributed by atoms with Crippen LogP contribution in [0.5, 0.6) is 0 Å². The smallest absolute Gasteiger partial charge is 0.203 e. The van der Waals surface area contributed by atoms with Gasteiger partial charge in [-0.25, -0.2) is 8.78 Å². The molecular weight excluding hydrogens is 248 g/mol. The van der Waals surface area contributed by atoms with Crippen molar-refractivity contribution < 1.29 is 8.78 Å². The Morgan fingerprint density at radius 1 is 1.25 bits per heavy atom. The molecule has 1 aromatic carbocycles. The Bertz CT molecular complexity index is 442. The maximum atomic E-state index is 12.3. The first-order valence-corrected chi connectivity index (χ1v) is 6.43. The van der Waals surface area contributed by atoms with Gasteiger partial charge in [-0.15, -0.1) is 11.8 Å². The molecule has 0 amide bonds. The summed E-state index contributed by atoms with van der Waals surface area (Å²) in [6.45, 7) is 0. The number of hydrogen-bond donors (Lipinski definition) is 0. The molecule has 0 fully saturated rings. The maximum Gasteiger partial charge on any atom is 0.281 e. The summed E-state index contributed by atoms with van der Waals surface area (Å²) in [6, 6.07) is 11.4. The van der Waals surface area contributed by atoms with Crippen LogP contribution in [0.15, 0.2) is 40.6 Å². The molecule has 16 heavy (non-hydrogen) atoms. The summed E-state index contributed by atoms with van der Waals surface area (Å²) in [4.78, 5) is 0. The van der Waals surface area contributed by atoms with E-state index >= 15 is 0 Å². The molecule has 0 aliphatic carbocycles. The zero-order valence-electron chi connectivity index (χ0n) is 8.27. The van der Waals surface area contributed by atoms with Crippen LogP contribution in [0.3, 0.4) is 0 Å². The molecule has 0 aliphatic heterocycles. The van der Waals surface area contributed by atoms with Crippen molar-refractivity contribution >= 4 is 23.3 Å². The summed E-state index contributed by atoms with van der Waals surface area (Å²) in [5, 5.41) is 0. The molecule has 1 aromatic heterocycles. The third-order valence-corrected chi connectivity index (χ3v) is 4.01. The topological polar surface area (TPSA) is 12.9 Å². The van der Waals surface area contributed by atoms with Gasteiger partial charge in [0.05, 0.1) is 4.21 Å². The minimum absolute atomic E-state index is 0.124. The fourth-order valence-corrected chi connectivity index (χ4v) is 2.88. The largest absolute Gasteiger partial charge is 0.281 e. The maximum absolute atomic E-state index is 12.3. The van der Waals surface area contributed by atoms with Crippen molar-refractivity contribution in [2.24, 2.45) is 0 Å². The fourth-order valence-electron chi connectivity index (χ4n) is 1.17. The van der Waals surface area contributed by atoms with Crippen molar-refractivity contribution in [2.75, 3.05) is 0 Å². The van der Waals surface area contributed by atoms with Crippen molar-refractivity contribution in [2.45, 2.75) is 16.4 Å². The average molecular weight is 257 g/mol. The van der Waals surface area contributed by atoms with Crippen molar-refractivity contribution in [3.8, 4) is 0 Å². The molecule has 0 unspecified atom stereocenters. The predicted octanol–water partition coefficient (Wildman–Crippen LogP) is 4.37. The average Bonchev–Trinajstić information content (AvgIpc) is 2.76. The van der Waals surface area contributed by atoms with Crippen molar-refractivity contribution in [1.29, 1.82) is 0 Å². The molecule has 0 radical (unpaired) electrons. The molecule has 1 heterocycles. The Kier molecular flexibility index (Phi) is 3.90. The van der Waals surface area contributed by atoms with Crippen molar-refractivity contribution in [1.82, 2.24) is 4.37 Å². The molecule has 0 saturated carbocycles. The van der Waals surface area contributed by atoms with Crippen LogP contribution < -0.4 is 0 Å². The highest BCUT2D eigenvalue weighted by molar-refractivity contribution is 8.00. The van der Waals surface area contributed by atoms with Gasteiger partial charge in [0.15, 0.2) is 0 Å². The Labute approximate surface area is 101 Å². The van der Waals surface area contributed by atoms with Crippen molar-refractivity contribution in [3.63, 3.8) is 0 Å². The van der Waals surface area contributed by atoms with Gasteiger partial charge in [-0.2, -0.15) is 4.37 Å². The number of aromatic nitrogens is 1. The van der Waals surface area contributed by atoms with Crippen LogP contribution in [0.2, 0.25) is 0 Å². The number of thioether (sulfide) groups is 1. The molecule has 0 N–H and O–H groups in total. The summed E-state index contributed by atoms with van der Waals surface area (Å²) in [6.07, 6.45) is -2.47. The normalized spacial score (nSPS) is 10.9. The van der Waals surface area contributed by atoms with E-state index in [1.54, 1.807) is 0 Å². The summed E-state index contributed by atoms with van der Waals surface area (Å²) in [7, 11) is 0. The van der Waals surface area contributed by atoms with E-state index < -0.39 is 6.43 Å². The third kappa shape index (κ3) is 3.02. The van der Waals surface area contributed by atoms with Gasteiger partial charge in [0.25, 0.3) is 6.43 Å². The van der Waals surface area contributed by atoms with Gasteiger partial charge in [0, 0.05) is 5.75 Å². The van der Waals surface area contributed by atoms with Gasteiger partial charge >= 0.3 is 0 Å². The lowest BCUT2D eigenvalue weighted by Gasteiger charge is -1.97. The first-order chi connectivity index (χ1) is 7.75. The van der Waals surface area contributed by atoms with Crippen LogP contribution in [0.4, 0.5) is 8.78 Å². The number of nitrogens with zero attached hydrogens (tertiary/aromatic N) is 1. The number of rotatable bonds is 4. The van der Waals surface area contributed by atoms with Gasteiger partial charge in [-0.05, 0) is 23.2 Å². The number of hydrogen-bond acceptors (Lipinski definition) is 3. The van der Waals surface area contributed by atoms with Crippen LogP contribution in [0.25, 0.3) is 0 Å². The van der Waals surface area contributed by atoms with E-state index in [9.17, 15) is 8.78 Å². The second-order valence-electron chi connectivity index (χ2n) is 3.15. The van der Waals surface area contributed by atoms with Gasteiger partial charge < -0.3 is 0 Å². The number of benzene rings is 1. The van der Waals surface area contributed by atoms with E-state index in [2.05, 4.69) is 4.37 Å². The van der Waals surface area contributed by atoms with E-state index in [0.717, 1.165) is 21.5 Å². The van der Waals surface area contributed by atoms with E-state index in [1.807, 2.05) is 30.3 Å². The van der Waals surface area contributed by atoms with Gasteiger partial charge in [-0.3, -0.25) is 0 Å². The highest BCUT2D eigenvalue weighted by Crippen LogP contribution is 2.30. The lowest BCUT2D eigenvalue weighted by molar-refractivity contribution is 0.147. The number of halogens is 2. The van der Waals surface area contributed by atoms with Gasteiger partial charge in [-0.1, -0.05) is 30.3 Å². The molecule has 2 aromatic rings. The third-order valence-electron chi connectivity index (χ3n) is 1.95. The second kappa shape index (κ2) is 5.41. The second-order valence-corrected chi connectivity index (χ2v) is 5.23. The van der Waals surface area contributed by atoms with Gasteiger partial charge in [0.1, 0.15) is 5.69 Å². The summed E-state index contributed by atoms with van der Waals surface area (Å²) >= 11 is 2.66. The highest BCUT2D eigenvalue weighted by atomic mass is 32.2. The van der Waals surface area contributed by atoms with Crippen molar-refractivity contribution in [3.05, 3.63) is 47.7 Å². The zero-order chi connectivity index (χ0) is 11.4. The lowest BCUT2D eigenvalue weighted by atomic mass is 10.2. The Morgan fingerprint density at radius 3 is 2.62 bits per heavy atom. The molecule has 0 spiro atoms. The van der Waals surface area contributed by atoms with Crippen LogP contribution in [0, 0.1) is 0 Å².